The van der Waals surface area contributed by atoms with Crippen LogP contribution >= 0.6 is 0 Å². The summed E-state index contributed by atoms with van der Waals surface area (Å²) in [5.41, 5.74) is 0.358. The molecule has 0 unspecified atom stereocenters. The molecule has 0 atom stereocenters. The molecule has 0 aromatic carbocycles. The van der Waals surface area contributed by atoms with Crippen LogP contribution in [0.3, 0.4) is 0 Å². The third-order valence-corrected chi connectivity index (χ3v) is 4.10. The van der Waals surface area contributed by atoms with Gasteiger partial charge in [0.15, 0.2) is 11.5 Å². The number of carbonyl (C=O) groups excluding carboxylic acids is 1. The number of carbonyl (C=O) groups is 1. The first-order valence-corrected chi connectivity index (χ1v) is 7.47. The highest BCUT2D eigenvalue weighted by atomic mass is 16.1. The van der Waals surface area contributed by atoms with E-state index in [4.69, 9.17) is 0 Å². The first kappa shape index (κ1) is 14.8. The van der Waals surface area contributed by atoms with Crippen LogP contribution in [0.1, 0.15) is 49.0 Å². The fourth-order valence-electron chi connectivity index (χ4n) is 2.74. The average molecular weight is 276 g/mol. The Labute approximate surface area is 120 Å². The van der Waals surface area contributed by atoms with Crippen molar-refractivity contribution < 1.29 is 4.79 Å². The Morgan fingerprint density at radius 3 is 2.65 bits per heavy atom. The minimum atomic E-state index is -0.200. The van der Waals surface area contributed by atoms with Gasteiger partial charge in [-0.1, -0.05) is 32.1 Å². The SMILES string of the molecule is CNC(=O)c1ccc(N(C)CCC2CCCCC2)nn1. The van der Waals surface area contributed by atoms with E-state index in [1.165, 1.54) is 38.5 Å². The molecule has 1 N–H and O–H groups in total. The molecule has 1 aromatic heterocycles. The minimum Gasteiger partial charge on any atom is -0.358 e. The average Bonchev–Trinajstić information content (AvgIpc) is 2.53. The predicted octanol–water partition coefficient (Wildman–Crippen LogP) is 2.24. The van der Waals surface area contributed by atoms with Crippen molar-refractivity contribution in [2.24, 2.45) is 5.92 Å². The fourth-order valence-corrected chi connectivity index (χ4v) is 2.74. The topological polar surface area (TPSA) is 58.1 Å². The van der Waals surface area contributed by atoms with Crippen LogP contribution in [-0.4, -0.2) is 36.7 Å². The second kappa shape index (κ2) is 7.22. The highest BCUT2D eigenvalue weighted by Crippen LogP contribution is 2.26. The minimum absolute atomic E-state index is 0.200. The first-order valence-electron chi connectivity index (χ1n) is 7.47. The van der Waals surface area contributed by atoms with E-state index < -0.39 is 0 Å². The summed E-state index contributed by atoms with van der Waals surface area (Å²) in [4.78, 5) is 13.5. The molecule has 1 fully saturated rings. The van der Waals surface area contributed by atoms with Gasteiger partial charge >= 0.3 is 0 Å². The Bertz CT molecular complexity index is 426. The van der Waals surface area contributed by atoms with Gasteiger partial charge in [0.2, 0.25) is 0 Å². The molecule has 110 valence electrons. The molecule has 1 aromatic rings. The van der Waals surface area contributed by atoms with Gasteiger partial charge in [-0.3, -0.25) is 4.79 Å². The molecule has 5 heteroatoms. The molecule has 0 aliphatic heterocycles. The fraction of sp³-hybridized carbons (Fsp3) is 0.667. The number of nitrogens with zero attached hydrogens (tertiary/aromatic N) is 3. The van der Waals surface area contributed by atoms with Gasteiger partial charge in [0.1, 0.15) is 0 Å². The van der Waals surface area contributed by atoms with Crippen LogP contribution in [-0.2, 0) is 0 Å². The molecule has 1 heterocycles. The molecule has 20 heavy (non-hydrogen) atoms. The Morgan fingerprint density at radius 2 is 2.05 bits per heavy atom. The first-order chi connectivity index (χ1) is 9.70. The van der Waals surface area contributed by atoms with Crippen LogP contribution in [0.15, 0.2) is 12.1 Å². The zero-order chi connectivity index (χ0) is 14.4. The van der Waals surface area contributed by atoms with E-state index in [0.29, 0.717) is 5.69 Å². The second-order valence-corrected chi connectivity index (χ2v) is 5.57. The highest BCUT2D eigenvalue weighted by Gasteiger charge is 2.14. The van der Waals surface area contributed by atoms with Crippen LogP contribution < -0.4 is 10.2 Å². The normalized spacial score (nSPS) is 15.9. The summed E-state index contributed by atoms with van der Waals surface area (Å²) < 4.78 is 0. The van der Waals surface area contributed by atoms with E-state index in [1.807, 2.05) is 13.1 Å². The summed E-state index contributed by atoms with van der Waals surface area (Å²) in [5, 5.41) is 10.6. The van der Waals surface area contributed by atoms with E-state index >= 15 is 0 Å². The molecule has 2 rings (SSSR count). The summed E-state index contributed by atoms with van der Waals surface area (Å²) >= 11 is 0. The van der Waals surface area contributed by atoms with Crippen molar-refractivity contribution in [1.82, 2.24) is 15.5 Å². The third kappa shape index (κ3) is 3.92. The van der Waals surface area contributed by atoms with Crippen LogP contribution in [0, 0.1) is 5.92 Å². The lowest BCUT2D eigenvalue weighted by Gasteiger charge is -2.24. The Morgan fingerprint density at radius 1 is 1.30 bits per heavy atom. The van der Waals surface area contributed by atoms with Gasteiger partial charge in [0.05, 0.1) is 0 Å². The lowest BCUT2D eigenvalue weighted by atomic mass is 9.87. The number of anilines is 1. The van der Waals surface area contributed by atoms with Crippen LogP contribution in [0.25, 0.3) is 0 Å². The summed E-state index contributed by atoms with van der Waals surface area (Å²) in [6, 6.07) is 3.58. The van der Waals surface area contributed by atoms with E-state index in [-0.39, 0.29) is 5.91 Å². The lowest BCUT2D eigenvalue weighted by Crippen LogP contribution is -2.24. The Balaban J connectivity index is 1.85. The predicted molar refractivity (Wildman–Crippen MR) is 79.9 cm³/mol. The van der Waals surface area contributed by atoms with E-state index in [1.54, 1.807) is 13.1 Å². The van der Waals surface area contributed by atoms with Gasteiger partial charge in [-0.2, -0.15) is 0 Å². The lowest BCUT2D eigenvalue weighted by molar-refractivity contribution is 0.0957. The van der Waals surface area contributed by atoms with Crippen molar-refractivity contribution >= 4 is 11.7 Å². The number of hydrogen-bond donors (Lipinski definition) is 1. The van der Waals surface area contributed by atoms with E-state index in [9.17, 15) is 4.79 Å². The molecule has 5 nitrogen and oxygen atoms in total. The number of aromatic nitrogens is 2. The second-order valence-electron chi connectivity index (χ2n) is 5.57. The van der Waals surface area contributed by atoms with Crippen molar-refractivity contribution in [3.05, 3.63) is 17.8 Å². The van der Waals surface area contributed by atoms with Crippen molar-refractivity contribution in [2.45, 2.75) is 38.5 Å². The van der Waals surface area contributed by atoms with Gasteiger partial charge in [-0.05, 0) is 24.5 Å². The zero-order valence-corrected chi connectivity index (χ0v) is 12.4. The molecular formula is C15H24N4O. The molecule has 0 radical (unpaired) electrons. The molecule has 1 aliphatic rings. The smallest absolute Gasteiger partial charge is 0.271 e. The quantitative estimate of drug-likeness (QED) is 0.896. The van der Waals surface area contributed by atoms with Crippen molar-refractivity contribution in [3.63, 3.8) is 0 Å². The summed E-state index contributed by atoms with van der Waals surface area (Å²) in [5.74, 6) is 1.49. The van der Waals surface area contributed by atoms with Crippen LogP contribution in [0.4, 0.5) is 5.82 Å². The van der Waals surface area contributed by atoms with Crippen molar-refractivity contribution in [1.29, 1.82) is 0 Å². The zero-order valence-electron chi connectivity index (χ0n) is 12.4. The van der Waals surface area contributed by atoms with Crippen molar-refractivity contribution in [2.75, 3.05) is 25.5 Å². The van der Waals surface area contributed by atoms with Gasteiger partial charge in [-0.15, -0.1) is 10.2 Å². The van der Waals surface area contributed by atoms with Crippen LogP contribution in [0.5, 0.6) is 0 Å². The molecule has 1 aliphatic carbocycles. The molecule has 1 amide bonds. The summed E-state index contributed by atoms with van der Waals surface area (Å²) in [7, 11) is 3.63. The maximum absolute atomic E-state index is 11.4. The number of amides is 1. The number of nitrogens with one attached hydrogen (secondary N) is 1. The van der Waals surface area contributed by atoms with Gasteiger partial charge in [0, 0.05) is 20.6 Å². The number of rotatable bonds is 5. The molecule has 0 bridgehead atoms. The maximum atomic E-state index is 11.4. The third-order valence-electron chi connectivity index (χ3n) is 4.10. The van der Waals surface area contributed by atoms with Crippen LogP contribution in [0.2, 0.25) is 0 Å². The molecule has 0 saturated heterocycles. The highest BCUT2D eigenvalue weighted by molar-refractivity contribution is 5.91. The maximum Gasteiger partial charge on any atom is 0.271 e. The van der Waals surface area contributed by atoms with Gasteiger partial charge in [-0.25, -0.2) is 0 Å². The summed E-state index contributed by atoms with van der Waals surface area (Å²) in [6.45, 7) is 0.999. The molecule has 0 spiro atoms. The Kier molecular flexibility index (Phi) is 5.32. The Hall–Kier alpha value is -1.65. The van der Waals surface area contributed by atoms with Crippen molar-refractivity contribution in [3.8, 4) is 0 Å². The monoisotopic (exact) mass is 276 g/mol. The van der Waals surface area contributed by atoms with E-state index in [0.717, 1.165) is 18.3 Å². The standard InChI is InChI=1S/C15H24N4O/c1-16-15(20)13-8-9-14(18-17-13)19(2)11-10-12-6-4-3-5-7-12/h8-9,12H,3-7,10-11H2,1-2H3,(H,16,20). The summed E-state index contributed by atoms with van der Waals surface area (Å²) in [6.07, 6.45) is 8.13. The largest absolute Gasteiger partial charge is 0.358 e. The number of hydrogen-bond acceptors (Lipinski definition) is 4. The van der Waals surface area contributed by atoms with E-state index in [2.05, 4.69) is 20.4 Å². The molecule has 1 saturated carbocycles. The van der Waals surface area contributed by atoms with Gasteiger partial charge in [0.25, 0.3) is 5.91 Å². The molecular weight excluding hydrogens is 252 g/mol. The van der Waals surface area contributed by atoms with Gasteiger partial charge < -0.3 is 10.2 Å².